The number of carbonyl (C=O) groups excluding carboxylic acids is 1. The highest BCUT2D eigenvalue weighted by Gasteiger charge is 2.07. The first-order chi connectivity index (χ1) is 11.7. The van der Waals surface area contributed by atoms with Crippen molar-refractivity contribution in [3.05, 3.63) is 59.7 Å². The minimum absolute atomic E-state index is 0.250. The summed E-state index contributed by atoms with van der Waals surface area (Å²) >= 11 is 0. The number of anilines is 1. The minimum atomic E-state index is -0.373. The number of rotatable bonds is 6. The second-order valence-corrected chi connectivity index (χ2v) is 5.33. The Kier molecular flexibility index (Phi) is 4.74. The van der Waals surface area contributed by atoms with E-state index in [1.165, 1.54) is 18.3 Å². The lowest BCUT2D eigenvalue weighted by Gasteiger charge is -2.06. The van der Waals surface area contributed by atoms with Crippen molar-refractivity contribution in [3.8, 4) is 0 Å². The quantitative estimate of drug-likeness (QED) is 0.680. The fourth-order valence-corrected chi connectivity index (χ4v) is 2.52. The molecule has 6 heteroatoms. The van der Waals surface area contributed by atoms with Crippen molar-refractivity contribution in [2.24, 2.45) is 0 Å². The molecule has 0 fully saturated rings. The molecule has 0 amide bonds. The summed E-state index contributed by atoms with van der Waals surface area (Å²) in [5.74, 6) is 0.0661. The maximum Gasteiger partial charge on any atom is 0.339 e. The van der Waals surface area contributed by atoms with Crippen molar-refractivity contribution in [1.82, 2.24) is 9.97 Å². The third-order valence-corrected chi connectivity index (χ3v) is 3.70. The van der Waals surface area contributed by atoms with Crippen LogP contribution in [0.15, 0.2) is 42.7 Å². The summed E-state index contributed by atoms with van der Waals surface area (Å²) in [5.41, 5.74) is 2.34. The van der Waals surface area contributed by atoms with E-state index >= 15 is 0 Å². The van der Waals surface area contributed by atoms with Crippen LogP contribution >= 0.6 is 0 Å². The Bertz CT molecular complexity index is 843. The first kappa shape index (κ1) is 16.0. The molecule has 0 unspecified atom stereocenters. The lowest BCUT2D eigenvalue weighted by molar-refractivity contribution is 0.0526. The van der Waals surface area contributed by atoms with Gasteiger partial charge < -0.3 is 15.0 Å². The molecule has 2 aromatic heterocycles. The third-order valence-electron chi connectivity index (χ3n) is 3.70. The lowest BCUT2D eigenvalue weighted by atomic mass is 10.1. The normalized spacial score (nSPS) is 10.8. The zero-order chi connectivity index (χ0) is 16.9. The van der Waals surface area contributed by atoms with Gasteiger partial charge in [-0.2, -0.15) is 0 Å². The molecule has 0 radical (unpaired) electrons. The molecule has 2 N–H and O–H groups in total. The van der Waals surface area contributed by atoms with E-state index in [0.29, 0.717) is 24.5 Å². The van der Waals surface area contributed by atoms with Gasteiger partial charge in [0.2, 0.25) is 0 Å². The summed E-state index contributed by atoms with van der Waals surface area (Å²) in [5, 5.41) is 4.22. The summed E-state index contributed by atoms with van der Waals surface area (Å²) in [4.78, 5) is 18.8. The van der Waals surface area contributed by atoms with E-state index in [2.05, 4.69) is 15.3 Å². The maximum atomic E-state index is 13.2. The van der Waals surface area contributed by atoms with E-state index in [1.54, 1.807) is 25.1 Å². The molecule has 0 spiro atoms. The summed E-state index contributed by atoms with van der Waals surface area (Å²) in [7, 11) is 0. The predicted octanol–water partition coefficient (Wildman–Crippen LogP) is 3.53. The number of esters is 1. The van der Waals surface area contributed by atoms with Crippen molar-refractivity contribution < 1.29 is 13.9 Å². The van der Waals surface area contributed by atoms with E-state index in [-0.39, 0.29) is 11.8 Å². The molecule has 24 heavy (non-hydrogen) atoms. The second kappa shape index (κ2) is 7.12. The molecule has 0 saturated heterocycles. The molecular formula is C18H18FN3O2. The highest BCUT2D eigenvalue weighted by Crippen LogP contribution is 2.19. The Morgan fingerprint density at radius 2 is 2.21 bits per heavy atom. The van der Waals surface area contributed by atoms with Crippen LogP contribution in [0.3, 0.4) is 0 Å². The average molecular weight is 327 g/mol. The molecule has 0 aliphatic rings. The summed E-state index contributed by atoms with van der Waals surface area (Å²) in [6, 6.07) is 8.16. The highest BCUT2D eigenvalue weighted by molar-refractivity contribution is 5.89. The Balaban J connectivity index is 1.58. The molecule has 3 aromatic rings. The van der Waals surface area contributed by atoms with Crippen LogP contribution in [0.2, 0.25) is 0 Å². The number of hydrogen-bond acceptors (Lipinski definition) is 4. The molecule has 1 aromatic carbocycles. The van der Waals surface area contributed by atoms with Gasteiger partial charge in [0.05, 0.1) is 12.2 Å². The smallest absolute Gasteiger partial charge is 0.339 e. The Labute approximate surface area is 138 Å². The average Bonchev–Trinajstić information content (AvgIpc) is 2.98. The summed E-state index contributed by atoms with van der Waals surface area (Å²) in [6.45, 7) is 2.78. The van der Waals surface area contributed by atoms with Gasteiger partial charge in [-0.05, 0) is 49.2 Å². The van der Waals surface area contributed by atoms with Gasteiger partial charge in [0.25, 0.3) is 0 Å². The standard InChI is InChI=1S/C18H18FN3O2/c1-2-24-18(23)13-3-6-17(22-11-13)20-8-7-12-10-21-16-9-14(19)4-5-15(12)16/h3-6,9-11,21H,2,7-8H2,1H3,(H,20,22). The minimum Gasteiger partial charge on any atom is -0.462 e. The van der Waals surface area contributed by atoms with Crippen molar-refractivity contribution >= 4 is 22.7 Å². The second-order valence-electron chi connectivity index (χ2n) is 5.33. The zero-order valence-electron chi connectivity index (χ0n) is 13.3. The van der Waals surface area contributed by atoms with Crippen LogP contribution in [-0.2, 0) is 11.2 Å². The van der Waals surface area contributed by atoms with Crippen LogP contribution in [0.25, 0.3) is 10.9 Å². The first-order valence-electron chi connectivity index (χ1n) is 7.80. The highest BCUT2D eigenvalue weighted by atomic mass is 19.1. The molecule has 2 heterocycles. The maximum absolute atomic E-state index is 13.2. The number of benzene rings is 1. The molecular weight excluding hydrogens is 309 g/mol. The van der Waals surface area contributed by atoms with Gasteiger partial charge in [-0.1, -0.05) is 0 Å². The molecule has 0 atom stereocenters. The largest absolute Gasteiger partial charge is 0.462 e. The summed E-state index contributed by atoms with van der Waals surface area (Å²) < 4.78 is 18.1. The fraction of sp³-hybridized carbons (Fsp3) is 0.222. The van der Waals surface area contributed by atoms with Gasteiger partial charge in [-0.3, -0.25) is 0 Å². The van der Waals surface area contributed by atoms with Crippen LogP contribution in [0, 0.1) is 5.82 Å². The number of fused-ring (bicyclic) bond motifs is 1. The van der Waals surface area contributed by atoms with Crippen LogP contribution < -0.4 is 5.32 Å². The molecule has 0 aliphatic carbocycles. The Morgan fingerprint density at radius 1 is 1.33 bits per heavy atom. The van der Waals surface area contributed by atoms with Gasteiger partial charge in [-0.25, -0.2) is 14.2 Å². The SMILES string of the molecule is CCOC(=O)c1ccc(NCCc2c[nH]c3cc(F)ccc23)nc1. The number of H-pyrrole nitrogens is 1. The van der Waals surface area contributed by atoms with Gasteiger partial charge in [0, 0.05) is 29.8 Å². The van der Waals surface area contributed by atoms with Crippen LogP contribution in [0.4, 0.5) is 10.2 Å². The predicted molar refractivity (Wildman–Crippen MR) is 90.6 cm³/mol. The van der Waals surface area contributed by atoms with Crippen LogP contribution in [-0.4, -0.2) is 29.1 Å². The Hall–Kier alpha value is -2.89. The van der Waals surface area contributed by atoms with E-state index in [1.807, 2.05) is 6.20 Å². The summed E-state index contributed by atoms with van der Waals surface area (Å²) in [6.07, 6.45) is 4.16. The lowest BCUT2D eigenvalue weighted by Crippen LogP contribution is -2.08. The Morgan fingerprint density at radius 3 is 2.96 bits per heavy atom. The number of aromatic amines is 1. The molecule has 0 saturated carbocycles. The first-order valence-corrected chi connectivity index (χ1v) is 7.80. The number of carbonyl (C=O) groups is 1. The van der Waals surface area contributed by atoms with Gasteiger partial charge in [0.1, 0.15) is 11.6 Å². The van der Waals surface area contributed by atoms with Gasteiger partial charge in [0.15, 0.2) is 0 Å². The van der Waals surface area contributed by atoms with E-state index < -0.39 is 0 Å². The third kappa shape index (κ3) is 3.53. The number of nitrogens with one attached hydrogen (secondary N) is 2. The molecule has 5 nitrogen and oxygen atoms in total. The molecule has 0 aliphatic heterocycles. The number of halogens is 1. The van der Waals surface area contributed by atoms with Crippen molar-refractivity contribution in [2.75, 3.05) is 18.5 Å². The van der Waals surface area contributed by atoms with Crippen LogP contribution in [0.5, 0.6) is 0 Å². The number of pyridine rings is 1. The van der Waals surface area contributed by atoms with E-state index in [4.69, 9.17) is 4.74 Å². The zero-order valence-corrected chi connectivity index (χ0v) is 13.3. The topological polar surface area (TPSA) is 67.0 Å². The molecule has 3 rings (SSSR count). The van der Waals surface area contributed by atoms with E-state index in [9.17, 15) is 9.18 Å². The van der Waals surface area contributed by atoms with Crippen LogP contribution in [0.1, 0.15) is 22.8 Å². The van der Waals surface area contributed by atoms with Gasteiger partial charge >= 0.3 is 5.97 Å². The van der Waals surface area contributed by atoms with Gasteiger partial charge in [-0.15, -0.1) is 0 Å². The number of nitrogens with zero attached hydrogens (tertiary/aromatic N) is 1. The van der Waals surface area contributed by atoms with Crippen molar-refractivity contribution in [2.45, 2.75) is 13.3 Å². The molecule has 0 bridgehead atoms. The number of aromatic nitrogens is 2. The van der Waals surface area contributed by atoms with Crippen molar-refractivity contribution in [3.63, 3.8) is 0 Å². The molecule has 124 valence electrons. The van der Waals surface area contributed by atoms with E-state index in [0.717, 1.165) is 22.9 Å². The number of ether oxygens (including phenoxy) is 1. The monoisotopic (exact) mass is 327 g/mol. The van der Waals surface area contributed by atoms with Crippen molar-refractivity contribution in [1.29, 1.82) is 0 Å². The fourth-order valence-electron chi connectivity index (χ4n) is 2.52. The number of hydrogen-bond donors (Lipinski definition) is 2.